The predicted molar refractivity (Wildman–Crippen MR) is 131 cm³/mol. The van der Waals surface area contributed by atoms with Gasteiger partial charge in [0.15, 0.2) is 5.69 Å². The van der Waals surface area contributed by atoms with Gasteiger partial charge in [-0.2, -0.15) is 0 Å². The van der Waals surface area contributed by atoms with E-state index >= 15 is 0 Å². The minimum atomic E-state index is -0.684. The van der Waals surface area contributed by atoms with Crippen LogP contribution < -0.4 is 21.9 Å². The average Bonchev–Trinajstić information content (AvgIpc) is 3.23. The number of carbonyl (C=O) groups is 1. The smallest absolute Gasteiger partial charge is 0.330 e. The zero-order valence-electron chi connectivity index (χ0n) is 20.3. The first kappa shape index (κ1) is 24.9. The van der Waals surface area contributed by atoms with Crippen LogP contribution in [0.25, 0.3) is 11.5 Å². The summed E-state index contributed by atoms with van der Waals surface area (Å²) < 4.78 is 7.02. The van der Waals surface area contributed by atoms with E-state index in [0.717, 1.165) is 11.1 Å². The molecule has 2 aromatic heterocycles. The first-order chi connectivity index (χ1) is 16.1. The molecule has 10 nitrogen and oxygen atoms in total. The number of nitrogens with two attached hydrogens (primary N) is 1. The molecule has 0 saturated carbocycles. The summed E-state index contributed by atoms with van der Waals surface area (Å²) in [5.74, 6) is 0.535. The van der Waals surface area contributed by atoms with Gasteiger partial charge in [0.05, 0.1) is 0 Å². The van der Waals surface area contributed by atoms with Gasteiger partial charge >= 0.3 is 5.69 Å². The molecule has 3 rings (SSSR count). The summed E-state index contributed by atoms with van der Waals surface area (Å²) in [6, 6.07) is 7.69. The molecule has 0 aliphatic rings. The van der Waals surface area contributed by atoms with Crippen molar-refractivity contribution in [3.05, 3.63) is 56.6 Å². The summed E-state index contributed by atoms with van der Waals surface area (Å²) in [6.07, 6.45) is 0.236. The van der Waals surface area contributed by atoms with Crippen molar-refractivity contribution in [3.63, 3.8) is 0 Å². The molecule has 0 atom stereocenters. The highest BCUT2D eigenvalue weighted by Crippen LogP contribution is 2.22. The monoisotopic (exact) mass is 468 g/mol. The van der Waals surface area contributed by atoms with Gasteiger partial charge in [0.1, 0.15) is 5.82 Å². The van der Waals surface area contributed by atoms with E-state index in [0.29, 0.717) is 18.3 Å². The molecular weight excluding hydrogens is 436 g/mol. The molecular formula is C24H32N6O4. The highest BCUT2D eigenvalue weighted by atomic mass is 16.4. The van der Waals surface area contributed by atoms with Gasteiger partial charge in [0.25, 0.3) is 5.56 Å². The first-order valence-electron chi connectivity index (χ1n) is 11.4. The highest BCUT2D eigenvalue weighted by Gasteiger charge is 2.25. The quantitative estimate of drug-likeness (QED) is 0.492. The molecule has 0 saturated heterocycles. The summed E-state index contributed by atoms with van der Waals surface area (Å²) >= 11 is 0. The van der Waals surface area contributed by atoms with E-state index in [4.69, 9.17) is 10.2 Å². The topological polar surface area (TPSA) is 140 Å². The largest absolute Gasteiger partial charge is 0.421 e. The molecule has 0 radical (unpaired) electrons. The van der Waals surface area contributed by atoms with Crippen LogP contribution in [0, 0.1) is 18.8 Å². The minimum absolute atomic E-state index is 0.00942. The van der Waals surface area contributed by atoms with Crippen LogP contribution in [0.15, 0.2) is 38.3 Å². The molecule has 0 aliphatic heterocycles. The number of hydrogen-bond acceptors (Lipinski definition) is 7. The molecule has 3 aromatic rings. The van der Waals surface area contributed by atoms with Crippen molar-refractivity contribution in [3.8, 4) is 11.5 Å². The number of aromatic nitrogens is 4. The molecule has 0 spiro atoms. The summed E-state index contributed by atoms with van der Waals surface area (Å²) in [5.41, 5.74) is 6.87. The van der Waals surface area contributed by atoms with E-state index in [2.05, 4.69) is 15.2 Å². The zero-order valence-corrected chi connectivity index (χ0v) is 20.3. The Morgan fingerprint density at radius 2 is 1.79 bits per heavy atom. The number of H-pyrrole nitrogens is 1. The third kappa shape index (κ3) is 5.81. The molecule has 2 heterocycles. The number of nitrogen functional groups attached to an aromatic ring is 1. The van der Waals surface area contributed by atoms with Gasteiger partial charge in [-0.05, 0) is 30.9 Å². The minimum Gasteiger partial charge on any atom is -0.421 e. The van der Waals surface area contributed by atoms with Crippen molar-refractivity contribution in [2.45, 2.75) is 54.0 Å². The van der Waals surface area contributed by atoms with Crippen LogP contribution in [0.2, 0.25) is 0 Å². The van der Waals surface area contributed by atoms with Gasteiger partial charge in [0.2, 0.25) is 17.7 Å². The van der Waals surface area contributed by atoms with Crippen LogP contribution in [0.3, 0.4) is 0 Å². The van der Waals surface area contributed by atoms with E-state index in [1.54, 1.807) is 0 Å². The van der Waals surface area contributed by atoms with E-state index in [1.165, 1.54) is 9.47 Å². The molecule has 0 bridgehead atoms. The molecule has 34 heavy (non-hydrogen) atoms. The fraction of sp³-hybridized carbons (Fsp3) is 0.458. The Morgan fingerprint density at radius 1 is 1.12 bits per heavy atom. The fourth-order valence-electron chi connectivity index (χ4n) is 3.58. The lowest BCUT2D eigenvalue weighted by Gasteiger charge is -2.26. The number of aromatic amines is 1. The standard InChI is InChI=1S/C24H32N6O4/c1-14(2)12-29(20-21(25)30(13-15(3)4)24(33)26-22(20)32)19(31)11-10-18-27-28-23(34-18)17-8-6-16(5)7-9-17/h6-9,14-15H,10-13,25H2,1-5H3,(H,26,32,33). The molecule has 1 amide bonds. The molecule has 10 heteroatoms. The fourth-order valence-corrected chi connectivity index (χ4v) is 3.58. The van der Waals surface area contributed by atoms with Gasteiger partial charge < -0.3 is 15.1 Å². The van der Waals surface area contributed by atoms with Crippen LogP contribution >= 0.6 is 0 Å². The molecule has 0 fully saturated rings. The Balaban J connectivity index is 1.84. The maximum atomic E-state index is 13.2. The molecule has 1 aromatic carbocycles. The second kappa shape index (κ2) is 10.5. The van der Waals surface area contributed by atoms with Crippen molar-refractivity contribution in [2.75, 3.05) is 17.2 Å². The number of aryl methyl sites for hydroxylation is 2. The van der Waals surface area contributed by atoms with Crippen molar-refractivity contribution in [2.24, 2.45) is 11.8 Å². The SMILES string of the molecule is Cc1ccc(-c2nnc(CCC(=O)N(CC(C)C)c3c(N)n(CC(C)C)c(=O)[nH]c3=O)o2)cc1. The summed E-state index contributed by atoms with van der Waals surface area (Å²) in [5, 5.41) is 8.12. The number of amides is 1. The van der Waals surface area contributed by atoms with Crippen molar-refractivity contribution in [1.82, 2.24) is 19.7 Å². The van der Waals surface area contributed by atoms with Gasteiger partial charge in [-0.1, -0.05) is 45.4 Å². The number of anilines is 2. The summed E-state index contributed by atoms with van der Waals surface area (Å²) in [4.78, 5) is 41.9. The van der Waals surface area contributed by atoms with Crippen molar-refractivity contribution < 1.29 is 9.21 Å². The van der Waals surface area contributed by atoms with E-state index < -0.39 is 11.2 Å². The molecule has 0 aliphatic carbocycles. The maximum absolute atomic E-state index is 13.2. The van der Waals surface area contributed by atoms with Crippen LogP contribution in [-0.4, -0.2) is 32.2 Å². The summed E-state index contributed by atoms with van der Waals surface area (Å²) in [7, 11) is 0. The highest BCUT2D eigenvalue weighted by molar-refractivity contribution is 5.95. The number of nitrogens with zero attached hydrogens (tertiary/aromatic N) is 4. The average molecular weight is 469 g/mol. The van der Waals surface area contributed by atoms with Crippen molar-refractivity contribution >= 4 is 17.4 Å². The Kier molecular flexibility index (Phi) is 7.70. The Morgan fingerprint density at radius 3 is 2.41 bits per heavy atom. The van der Waals surface area contributed by atoms with E-state index in [-0.39, 0.29) is 48.6 Å². The Hall–Kier alpha value is -3.69. The van der Waals surface area contributed by atoms with Crippen LogP contribution in [-0.2, 0) is 17.8 Å². The van der Waals surface area contributed by atoms with Crippen LogP contribution in [0.4, 0.5) is 11.5 Å². The zero-order chi connectivity index (χ0) is 25.0. The first-order valence-corrected chi connectivity index (χ1v) is 11.4. The lowest BCUT2D eigenvalue weighted by molar-refractivity contribution is -0.118. The third-order valence-electron chi connectivity index (χ3n) is 5.20. The lowest BCUT2D eigenvalue weighted by atomic mass is 10.1. The van der Waals surface area contributed by atoms with E-state index in [9.17, 15) is 14.4 Å². The van der Waals surface area contributed by atoms with Gasteiger partial charge in [-0.15, -0.1) is 10.2 Å². The van der Waals surface area contributed by atoms with Crippen molar-refractivity contribution in [1.29, 1.82) is 0 Å². The van der Waals surface area contributed by atoms with Crippen LogP contribution in [0.1, 0.15) is 45.6 Å². The van der Waals surface area contributed by atoms with Crippen LogP contribution in [0.5, 0.6) is 0 Å². The Labute approximate surface area is 197 Å². The number of carbonyl (C=O) groups excluding carboxylic acids is 1. The van der Waals surface area contributed by atoms with Gasteiger partial charge in [-0.3, -0.25) is 19.1 Å². The maximum Gasteiger partial charge on any atom is 0.330 e. The Bertz CT molecular complexity index is 1250. The van der Waals surface area contributed by atoms with E-state index in [1.807, 2.05) is 58.9 Å². The number of benzene rings is 1. The second-order valence-corrected chi connectivity index (χ2v) is 9.26. The lowest BCUT2D eigenvalue weighted by Crippen LogP contribution is -2.43. The predicted octanol–water partition coefficient (Wildman–Crippen LogP) is 2.76. The number of rotatable bonds is 9. The third-order valence-corrected chi connectivity index (χ3v) is 5.20. The normalized spacial score (nSPS) is 11.4. The molecule has 182 valence electrons. The second-order valence-electron chi connectivity index (χ2n) is 9.26. The number of nitrogens with one attached hydrogen (secondary N) is 1. The number of hydrogen-bond donors (Lipinski definition) is 2. The summed E-state index contributed by atoms with van der Waals surface area (Å²) in [6.45, 7) is 10.3. The van der Waals surface area contributed by atoms with Gasteiger partial charge in [-0.25, -0.2) is 4.79 Å². The molecule has 3 N–H and O–H groups in total. The van der Waals surface area contributed by atoms with Gasteiger partial charge in [0, 0.05) is 31.5 Å². The molecule has 0 unspecified atom stereocenters.